The first-order valence-electron chi connectivity index (χ1n) is 10.5. The predicted molar refractivity (Wildman–Crippen MR) is 120 cm³/mol. The van der Waals surface area contributed by atoms with E-state index >= 15 is 0 Å². The highest BCUT2D eigenvalue weighted by Crippen LogP contribution is 2.34. The van der Waals surface area contributed by atoms with Crippen LogP contribution in [0.15, 0.2) is 48.7 Å². The summed E-state index contributed by atoms with van der Waals surface area (Å²) in [6.07, 6.45) is 3.58. The number of nitrogens with zero attached hydrogens (tertiary/aromatic N) is 3. The molecule has 3 heterocycles. The third kappa shape index (κ3) is 5.26. The van der Waals surface area contributed by atoms with Gasteiger partial charge in [-0.25, -0.2) is 14.2 Å². The molecular formula is C23H25FN4O2S. The molecule has 1 aliphatic rings. The van der Waals surface area contributed by atoms with E-state index in [-0.39, 0.29) is 11.8 Å². The van der Waals surface area contributed by atoms with Crippen LogP contribution in [-0.2, 0) is 11.3 Å². The molecule has 0 unspecified atom stereocenters. The van der Waals surface area contributed by atoms with E-state index in [1.165, 1.54) is 23.5 Å². The monoisotopic (exact) mass is 440 g/mol. The molecule has 0 bridgehead atoms. The normalized spacial score (nSPS) is 14.6. The van der Waals surface area contributed by atoms with E-state index in [9.17, 15) is 9.18 Å². The van der Waals surface area contributed by atoms with Crippen molar-refractivity contribution in [2.75, 3.05) is 24.6 Å². The first-order chi connectivity index (χ1) is 15.1. The first kappa shape index (κ1) is 21.4. The summed E-state index contributed by atoms with van der Waals surface area (Å²) in [7, 11) is 0. The molecule has 0 spiro atoms. The molecule has 6 nitrogen and oxygen atoms in total. The largest absolute Gasteiger partial charge is 0.462 e. The lowest BCUT2D eigenvalue weighted by Gasteiger charge is -2.33. The topological polar surface area (TPSA) is 67.3 Å². The number of thiazole rings is 1. The van der Waals surface area contributed by atoms with Gasteiger partial charge in [0.25, 0.3) is 0 Å². The number of carbonyl (C=O) groups excluding carboxylic acids is 1. The summed E-state index contributed by atoms with van der Waals surface area (Å²) < 4.78 is 18.3. The lowest BCUT2D eigenvalue weighted by atomic mass is 10.0. The summed E-state index contributed by atoms with van der Waals surface area (Å²) in [4.78, 5) is 24.4. The van der Waals surface area contributed by atoms with Crippen molar-refractivity contribution in [3.63, 3.8) is 0 Å². The van der Waals surface area contributed by atoms with Crippen molar-refractivity contribution < 1.29 is 13.9 Å². The van der Waals surface area contributed by atoms with Crippen LogP contribution in [-0.4, -0.2) is 41.7 Å². The van der Waals surface area contributed by atoms with Crippen LogP contribution in [0.1, 0.15) is 35.0 Å². The van der Waals surface area contributed by atoms with Gasteiger partial charge in [0.2, 0.25) is 0 Å². The minimum Gasteiger partial charge on any atom is -0.462 e. The Hall–Kier alpha value is -2.84. The van der Waals surface area contributed by atoms with Gasteiger partial charge >= 0.3 is 5.97 Å². The van der Waals surface area contributed by atoms with Crippen LogP contribution >= 0.6 is 11.3 Å². The zero-order valence-electron chi connectivity index (χ0n) is 17.4. The van der Waals surface area contributed by atoms with Gasteiger partial charge in [0.1, 0.15) is 10.8 Å². The van der Waals surface area contributed by atoms with Crippen LogP contribution in [0.3, 0.4) is 0 Å². The van der Waals surface area contributed by atoms with E-state index < -0.39 is 0 Å². The number of benzene rings is 1. The average molecular weight is 441 g/mol. The Morgan fingerprint density at radius 3 is 2.68 bits per heavy atom. The molecule has 1 aromatic carbocycles. The highest BCUT2D eigenvalue weighted by atomic mass is 32.1. The molecule has 1 N–H and O–H groups in total. The van der Waals surface area contributed by atoms with Crippen molar-refractivity contribution in [1.82, 2.24) is 15.3 Å². The summed E-state index contributed by atoms with van der Waals surface area (Å²) in [5.74, 6) is 0.123. The number of esters is 1. The van der Waals surface area contributed by atoms with Crippen LogP contribution in [0.5, 0.6) is 0 Å². The molecule has 0 atom stereocenters. The molecule has 8 heteroatoms. The quantitative estimate of drug-likeness (QED) is 0.553. The first-order valence-corrected chi connectivity index (χ1v) is 11.3. The van der Waals surface area contributed by atoms with E-state index in [0.29, 0.717) is 29.9 Å². The second kappa shape index (κ2) is 9.98. The van der Waals surface area contributed by atoms with Gasteiger partial charge in [0, 0.05) is 31.9 Å². The molecule has 1 saturated heterocycles. The van der Waals surface area contributed by atoms with E-state index in [1.54, 1.807) is 25.3 Å². The van der Waals surface area contributed by atoms with Crippen molar-refractivity contribution in [3.8, 4) is 10.7 Å². The molecule has 0 radical (unpaired) electrons. The molecule has 2 aromatic heterocycles. The number of aromatic nitrogens is 2. The molecule has 0 aliphatic carbocycles. The van der Waals surface area contributed by atoms with Crippen molar-refractivity contribution in [2.24, 2.45) is 0 Å². The summed E-state index contributed by atoms with van der Waals surface area (Å²) >= 11 is 1.33. The standard InChI is InChI=1S/C23H25FN4O2S/c1-2-30-23(29)20-21(27-22(31-20)19-5-3-4-12-25-19)28-13-10-18(11-14-28)26-15-16-6-8-17(24)9-7-16/h3-9,12,18,26H,2,10-11,13-15H2,1H3. The SMILES string of the molecule is CCOC(=O)c1sc(-c2ccccn2)nc1N1CCC(NCc2ccc(F)cc2)CC1. The van der Waals surface area contributed by atoms with Crippen LogP contribution in [0.25, 0.3) is 10.7 Å². The fourth-order valence-electron chi connectivity index (χ4n) is 3.61. The Balaban J connectivity index is 1.43. The average Bonchev–Trinajstić information content (AvgIpc) is 3.26. The number of nitrogens with one attached hydrogen (secondary N) is 1. The summed E-state index contributed by atoms with van der Waals surface area (Å²) in [5, 5.41) is 4.27. The van der Waals surface area contributed by atoms with Crippen LogP contribution in [0.4, 0.5) is 10.2 Å². The zero-order valence-corrected chi connectivity index (χ0v) is 18.2. The maximum Gasteiger partial charge on any atom is 0.352 e. The molecule has 162 valence electrons. The Morgan fingerprint density at radius 2 is 2.00 bits per heavy atom. The number of hydrogen-bond acceptors (Lipinski definition) is 7. The highest BCUT2D eigenvalue weighted by Gasteiger charge is 2.28. The van der Waals surface area contributed by atoms with Crippen molar-refractivity contribution in [1.29, 1.82) is 0 Å². The number of hydrogen-bond donors (Lipinski definition) is 1. The van der Waals surface area contributed by atoms with Crippen molar-refractivity contribution >= 4 is 23.1 Å². The zero-order chi connectivity index (χ0) is 21.6. The second-order valence-electron chi connectivity index (χ2n) is 7.38. The maximum atomic E-state index is 13.1. The van der Waals surface area contributed by atoms with Gasteiger partial charge in [-0.1, -0.05) is 18.2 Å². The lowest BCUT2D eigenvalue weighted by Crippen LogP contribution is -2.42. The number of anilines is 1. The third-order valence-electron chi connectivity index (χ3n) is 5.26. The number of piperidine rings is 1. The Labute approximate surface area is 185 Å². The molecule has 31 heavy (non-hydrogen) atoms. The number of halogens is 1. The Morgan fingerprint density at radius 1 is 1.23 bits per heavy atom. The summed E-state index contributed by atoms with van der Waals surface area (Å²) in [5.41, 5.74) is 1.81. The third-order valence-corrected chi connectivity index (χ3v) is 6.30. The smallest absolute Gasteiger partial charge is 0.352 e. The van der Waals surface area contributed by atoms with Gasteiger partial charge in [0.15, 0.2) is 10.7 Å². The van der Waals surface area contributed by atoms with E-state index in [0.717, 1.165) is 42.2 Å². The van der Waals surface area contributed by atoms with Gasteiger partial charge in [-0.15, -0.1) is 11.3 Å². The number of ether oxygens (including phenoxy) is 1. The summed E-state index contributed by atoms with van der Waals surface area (Å²) in [6.45, 7) is 4.42. The highest BCUT2D eigenvalue weighted by molar-refractivity contribution is 7.17. The van der Waals surface area contributed by atoms with Crippen molar-refractivity contribution in [2.45, 2.75) is 32.4 Å². The molecular weight excluding hydrogens is 415 g/mol. The van der Waals surface area contributed by atoms with E-state index in [1.807, 2.05) is 18.2 Å². The molecule has 1 aliphatic heterocycles. The molecule has 0 saturated carbocycles. The number of carbonyl (C=O) groups is 1. The number of pyridine rings is 1. The molecule has 3 aromatic rings. The van der Waals surface area contributed by atoms with Gasteiger partial charge in [0.05, 0.1) is 12.3 Å². The van der Waals surface area contributed by atoms with Crippen LogP contribution < -0.4 is 10.2 Å². The number of rotatable bonds is 7. The maximum absolute atomic E-state index is 13.1. The lowest BCUT2D eigenvalue weighted by molar-refractivity contribution is 0.0532. The molecule has 4 rings (SSSR count). The molecule has 0 amide bonds. The van der Waals surface area contributed by atoms with Crippen LogP contribution in [0, 0.1) is 5.82 Å². The molecule has 1 fully saturated rings. The van der Waals surface area contributed by atoms with Gasteiger partial charge < -0.3 is 15.0 Å². The summed E-state index contributed by atoms with van der Waals surface area (Å²) in [6, 6.07) is 12.6. The van der Waals surface area contributed by atoms with E-state index in [2.05, 4.69) is 15.2 Å². The van der Waals surface area contributed by atoms with Gasteiger partial charge in [-0.2, -0.15) is 0 Å². The fraction of sp³-hybridized carbons (Fsp3) is 0.348. The Kier molecular flexibility index (Phi) is 6.89. The van der Waals surface area contributed by atoms with Gasteiger partial charge in [-0.3, -0.25) is 4.98 Å². The van der Waals surface area contributed by atoms with E-state index in [4.69, 9.17) is 9.72 Å². The van der Waals surface area contributed by atoms with Crippen LogP contribution in [0.2, 0.25) is 0 Å². The second-order valence-corrected chi connectivity index (χ2v) is 8.37. The minimum absolute atomic E-state index is 0.220. The van der Waals surface area contributed by atoms with Gasteiger partial charge in [-0.05, 0) is 49.6 Å². The fourth-order valence-corrected chi connectivity index (χ4v) is 4.57. The Bertz CT molecular complexity index is 1000. The predicted octanol–water partition coefficient (Wildman–Crippen LogP) is 4.28. The van der Waals surface area contributed by atoms with Crippen molar-refractivity contribution in [3.05, 3.63) is 64.9 Å². The minimum atomic E-state index is -0.339.